The van der Waals surface area contributed by atoms with E-state index in [1.807, 2.05) is 0 Å². The van der Waals surface area contributed by atoms with Gasteiger partial charge in [-0.25, -0.2) is 0 Å². The first-order valence-corrected chi connectivity index (χ1v) is 5.06. The Bertz CT molecular complexity index is 512. The summed E-state index contributed by atoms with van der Waals surface area (Å²) >= 11 is 0. The standard InChI is InChI=1S/C14H8O2.Zn/c15-13-9-5-1-2-6-10(9)14(16)12-8-4-3-7-11(12)13;/h1-8H;. The molecule has 0 amide bonds. The van der Waals surface area contributed by atoms with E-state index in [2.05, 4.69) is 0 Å². The van der Waals surface area contributed by atoms with Gasteiger partial charge >= 0.3 is 0 Å². The normalized spacial score (nSPS) is 12.5. The molecule has 0 aliphatic heterocycles. The van der Waals surface area contributed by atoms with E-state index in [4.69, 9.17) is 0 Å². The molecule has 0 saturated heterocycles. The minimum absolute atomic E-state index is 0. The topological polar surface area (TPSA) is 34.1 Å². The zero-order valence-electron chi connectivity index (χ0n) is 9.14. The predicted octanol–water partition coefficient (Wildman–Crippen LogP) is 2.46. The third-order valence-electron chi connectivity index (χ3n) is 2.83. The van der Waals surface area contributed by atoms with Gasteiger partial charge < -0.3 is 0 Å². The van der Waals surface area contributed by atoms with Gasteiger partial charge in [-0.05, 0) is 0 Å². The molecule has 3 rings (SSSR count). The Balaban J connectivity index is 0.00000108. The molecular weight excluding hydrogens is 266 g/mol. The van der Waals surface area contributed by atoms with Crippen molar-refractivity contribution in [1.29, 1.82) is 0 Å². The molecule has 0 atom stereocenters. The molecule has 0 radical (unpaired) electrons. The number of ketones is 2. The van der Waals surface area contributed by atoms with E-state index >= 15 is 0 Å². The Morgan fingerprint density at radius 2 is 0.765 bits per heavy atom. The van der Waals surface area contributed by atoms with Crippen molar-refractivity contribution in [3.8, 4) is 0 Å². The average Bonchev–Trinajstić information content (AvgIpc) is 2.36. The van der Waals surface area contributed by atoms with Crippen LogP contribution in [0.15, 0.2) is 48.5 Å². The second kappa shape index (κ2) is 4.35. The third kappa shape index (κ3) is 1.67. The second-order valence-electron chi connectivity index (χ2n) is 3.75. The zero-order chi connectivity index (χ0) is 11.1. The Kier molecular flexibility index (Phi) is 3.04. The summed E-state index contributed by atoms with van der Waals surface area (Å²) in [6.07, 6.45) is 0. The van der Waals surface area contributed by atoms with Gasteiger partial charge in [0, 0.05) is 41.7 Å². The fraction of sp³-hybridized carbons (Fsp3) is 0. The fourth-order valence-corrected chi connectivity index (χ4v) is 2.05. The number of fused-ring (bicyclic) bond motifs is 2. The van der Waals surface area contributed by atoms with Gasteiger partial charge in [-0.3, -0.25) is 9.59 Å². The number of rotatable bonds is 0. The molecule has 2 aromatic carbocycles. The molecule has 0 fully saturated rings. The SMILES string of the molecule is O=C1c2ccccc2C(=O)c2ccccc21.[Zn]. The van der Waals surface area contributed by atoms with Crippen LogP contribution in [0.3, 0.4) is 0 Å². The van der Waals surface area contributed by atoms with Crippen LogP contribution >= 0.6 is 0 Å². The van der Waals surface area contributed by atoms with Crippen LogP contribution in [0.4, 0.5) is 0 Å². The van der Waals surface area contributed by atoms with Gasteiger partial charge in [-0.1, -0.05) is 48.5 Å². The number of hydrogen-bond acceptors (Lipinski definition) is 2. The molecule has 3 heteroatoms. The average molecular weight is 274 g/mol. The van der Waals surface area contributed by atoms with Crippen molar-refractivity contribution >= 4 is 11.6 Å². The van der Waals surface area contributed by atoms with Crippen molar-refractivity contribution in [3.05, 3.63) is 70.8 Å². The number of carbonyl (C=O) groups is 2. The van der Waals surface area contributed by atoms with Gasteiger partial charge in [-0.15, -0.1) is 0 Å². The van der Waals surface area contributed by atoms with Crippen molar-refractivity contribution in [2.45, 2.75) is 0 Å². The molecule has 2 aromatic rings. The van der Waals surface area contributed by atoms with Crippen molar-refractivity contribution < 1.29 is 29.1 Å². The summed E-state index contributed by atoms with van der Waals surface area (Å²) in [5, 5.41) is 0. The molecule has 1 aliphatic rings. The molecule has 2 nitrogen and oxygen atoms in total. The van der Waals surface area contributed by atoms with Crippen molar-refractivity contribution in [3.63, 3.8) is 0 Å². The van der Waals surface area contributed by atoms with Crippen LogP contribution in [-0.2, 0) is 19.5 Å². The largest absolute Gasteiger partial charge is 0.289 e. The first-order chi connectivity index (χ1) is 7.79. The van der Waals surface area contributed by atoms with Crippen molar-refractivity contribution in [2.24, 2.45) is 0 Å². The summed E-state index contributed by atoms with van der Waals surface area (Å²) in [5.41, 5.74) is 2.02. The molecule has 78 valence electrons. The summed E-state index contributed by atoms with van der Waals surface area (Å²) in [7, 11) is 0. The van der Waals surface area contributed by atoms with E-state index in [1.165, 1.54) is 0 Å². The molecule has 0 unspecified atom stereocenters. The molecule has 0 saturated carbocycles. The monoisotopic (exact) mass is 272 g/mol. The molecular formula is C14H8O2Zn. The second-order valence-corrected chi connectivity index (χ2v) is 3.75. The maximum atomic E-state index is 12.1. The maximum Gasteiger partial charge on any atom is 0.194 e. The van der Waals surface area contributed by atoms with E-state index in [1.54, 1.807) is 48.5 Å². The van der Waals surface area contributed by atoms with Crippen molar-refractivity contribution in [2.75, 3.05) is 0 Å². The Morgan fingerprint density at radius 1 is 0.529 bits per heavy atom. The molecule has 1 aliphatic carbocycles. The van der Waals surface area contributed by atoms with Crippen LogP contribution in [0.25, 0.3) is 0 Å². The number of benzene rings is 2. The zero-order valence-corrected chi connectivity index (χ0v) is 12.1. The van der Waals surface area contributed by atoms with Crippen LogP contribution < -0.4 is 0 Å². The van der Waals surface area contributed by atoms with Crippen molar-refractivity contribution in [1.82, 2.24) is 0 Å². The summed E-state index contributed by atoms with van der Waals surface area (Å²) in [6.45, 7) is 0. The molecule has 0 N–H and O–H groups in total. The van der Waals surface area contributed by atoms with E-state index in [9.17, 15) is 9.59 Å². The minimum atomic E-state index is -0.0641. The van der Waals surface area contributed by atoms with Gasteiger partial charge in [0.05, 0.1) is 0 Å². The third-order valence-corrected chi connectivity index (χ3v) is 2.83. The molecule has 0 aromatic heterocycles. The summed E-state index contributed by atoms with van der Waals surface area (Å²) < 4.78 is 0. The van der Waals surface area contributed by atoms with Gasteiger partial charge in [0.15, 0.2) is 11.6 Å². The molecule has 0 spiro atoms. The number of carbonyl (C=O) groups excluding carboxylic acids is 2. The summed E-state index contributed by atoms with van der Waals surface area (Å²) in [4.78, 5) is 24.2. The Labute approximate surface area is 111 Å². The summed E-state index contributed by atoms with van der Waals surface area (Å²) in [5.74, 6) is -0.128. The van der Waals surface area contributed by atoms with Crippen LogP contribution in [0.5, 0.6) is 0 Å². The van der Waals surface area contributed by atoms with Gasteiger partial charge in [0.2, 0.25) is 0 Å². The Morgan fingerprint density at radius 3 is 1.00 bits per heavy atom. The van der Waals surface area contributed by atoms with E-state index in [0.717, 1.165) is 0 Å². The molecule has 0 bridgehead atoms. The minimum Gasteiger partial charge on any atom is -0.289 e. The van der Waals surface area contributed by atoms with Crippen LogP contribution in [0, 0.1) is 0 Å². The first-order valence-electron chi connectivity index (χ1n) is 5.06. The Hall–Kier alpha value is -1.60. The predicted molar refractivity (Wildman–Crippen MR) is 59.7 cm³/mol. The van der Waals surface area contributed by atoms with Gasteiger partial charge in [0.25, 0.3) is 0 Å². The fourth-order valence-electron chi connectivity index (χ4n) is 2.05. The molecule has 0 heterocycles. The van der Waals surface area contributed by atoms with Crippen LogP contribution in [0.2, 0.25) is 0 Å². The molecule has 17 heavy (non-hydrogen) atoms. The summed E-state index contributed by atoms with van der Waals surface area (Å²) in [6, 6.07) is 13.9. The van der Waals surface area contributed by atoms with E-state index in [0.29, 0.717) is 22.3 Å². The number of hydrogen-bond donors (Lipinski definition) is 0. The quantitative estimate of drug-likeness (QED) is 0.590. The smallest absolute Gasteiger partial charge is 0.194 e. The first kappa shape index (κ1) is 11.9. The van der Waals surface area contributed by atoms with Crippen LogP contribution in [-0.4, -0.2) is 11.6 Å². The maximum absolute atomic E-state index is 12.1. The van der Waals surface area contributed by atoms with E-state index in [-0.39, 0.29) is 31.0 Å². The van der Waals surface area contributed by atoms with E-state index < -0.39 is 0 Å². The van der Waals surface area contributed by atoms with Crippen LogP contribution in [0.1, 0.15) is 31.8 Å². The van der Waals surface area contributed by atoms with Gasteiger partial charge in [-0.2, -0.15) is 0 Å². The van der Waals surface area contributed by atoms with Gasteiger partial charge in [0.1, 0.15) is 0 Å².